The van der Waals surface area contributed by atoms with E-state index in [-0.39, 0.29) is 11.6 Å². The van der Waals surface area contributed by atoms with Crippen molar-refractivity contribution >= 4 is 23.5 Å². The molecule has 0 saturated carbocycles. The summed E-state index contributed by atoms with van der Waals surface area (Å²) in [7, 11) is 3.13. The van der Waals surface area contributed by atoms with Crippen molar-refractivity contribution in [1.29, 1.82) is 0 Å². The number of anilines is 1. The highest BCUT2D eigenvalue weighted by atomic mass is 16.4. The van der Waals surface area contributed by atoms with E-state index < -0.39 is 24.4 Å². The van der Waals surface area contributed by atoms with Crippen molar-refractivity contribution in [2.75, 3.05) is 19.4 Å². The molecule has 1 rings (SSSR count). The number of nitrogens with zero attached hydrogens (tertiary/aromatic N) is 2. The van der Waals surface area contributed by atoms with Gasteiger partial charge in [0.15, 0.2) is 0 Å². The van der Waals surface area contributed by atoms with Gasteiger partial charge in [0.05, 0.1) is 6.42 Å². The standard InChI is InChI=1S/C12H15N3O5/c1-15(2)11(18)8-5-7(3-4-13-8)14-9(12(19)20)6-10(16)17/h3-5,9H,6H2,1-2H3,(H,13,14)(H,16,17)(H,19,20). The number of hydrogen-bond donors (Lipinski definition) is 3. The Morgan fingerprint density at radius 1 is 1.35 bits per heavy atom. The van der Waals surface area contributed by atoms with Crippen molar-refractivity contribution in [1.82, 2.24) is 9.88 Å². The third kappa shape index (κ3) is 4.23. The van der Waals surface area contributed by atoms with E-state index in [1.54, 1.807) is 14.1 Å². The second-order valence-corrected chi connectivity index (χ2v) is 4.26. The summed E-state index contributed by atoms with van der Waals surface area (Å²) in [5.41, 5.74) is 0.457. The van der Waals surface area contributed by atoms with E-state index >= 15 is 0 Å². The molecule has 0 aliphatic heterocycles. The Labute approximate surface area is 115 Å². The third-order valence-electron chi connectivity index (χ3n) is 2.40. The summed E-state index contributed by atoms with van der Waals surface area (Å²) < 4.78 is 0. The van der Waals surface area contributed by atoms with Crippen molar-refractivity contribution < 1.29 is 24.6 Å². The summed E-state index contributed by atoms with van der Waals surface area (Å²) in [5, 5.41) is 20.1. The highest BCUT2D eigenvalue weighted by Gasteiger charge is 2.21. The van der Waals surface area contributed by atoms with Crippen molar-refractivity contribution in [2.45, 2.75) is 12.5 Å². The number of aromatic nitrogens is 1. The van der Waals surface area contributed by atoms with Crippen LogP contribution >= 0.6 is 0 Å². The quantitative estimate of drug-likeness (QED) is 0.677. The highest BCUT2D eigenvalue weighted by Crippen LogP contribution is 2.12. The monoisotopic (exact) mass is 281 g/mol. The van der Waals surface area contributed by atoms with Crippen LogP contribution in [0.3, 0.4) is 0 Å². The molecule has 1 aromatic heterocycles. The van der Waals surface area contributed by atoms with Crippen LogP contribution in [0.25, 0.3) is 0 Å². The highest BCUT2D eigenvalue weighted by molar-refractivity contribution is 5.93. The summed E-state index contributed by atoms with van der Waals surface area (Å²) in [6, 6.07) is 1.56. The number of aliphatic carboxylic acids is 2. The molecule has 1 aromatic rings. The molecule has 0 spiro atoms. The van der Waals surface area contributed by atoms with Crippen molar-refractivity contribution in [2.24, 2.45) is 0 Å². The first-order chi connectivity index (χ1) is 9.31. The van der Waals surface area contributed by atoms with Crippen LogP contribution in [-0.2, 0) is 9.59 Å². The number of carbonyl (C=O) groups is 3. The molecule has 1 amide bonds. The van der Waals surface area contributed by atoms with Gasteiger partial charge in [-0.25, -0.2) is 4.79 Å². The fourth-order valence-corrected chi connectivity index (χ4v) is 1.44. The Kier molecular flexibility index (Phi) is 5.01. The lowest BCUT2D eigenvalue weighted by molar-refractivity contribution is -0.144. The van der Waals surface area contributed by atoms with Crippen molar-refractivity contribution in [3.63, 3.8) is 0 Å². The van der Waals surface area contributed by atoms with Gasteiger partial charge in [0.2, 0.25) is 0 Å². The molecule has 8 nitrogen and oxygen atoms in total. The van der Waals surface area contributed by atoms with Gasteiger partial charge in [-0.1, -0.05) is 0 Å². The lowest BCUT2D eigenvalue weighted by atomic mass is 10.2. The Balaban J connectivity index is 2.91. The molecule has 0 bridgehead atoms. The van der Waals surface area contributed by atoms with Crippen LogP contribution in [0.2, 0.25) is 0 Å². The van der Waals surface area contributed by atoms with E-state index in [1.807, 2.05) is 0 Å². The summed E-state index contributed by atoms with van der Waals surface area (Å²) in [5.74, 6) is -2.85. The first-order valence-electron chi connectivity index (χ1n) is 5.70. The topological polar surface area (TPSA) is 120 Å². The predicted molar refractivity (Wildman–Crippen MR) is 69.6 cm³/mol. The Hall–Kier alpha value is -2.64. The molecule has 0 aliphatic rings. The van der Waals surface area contributed by atoms with Gasteiger partial charge in [-0.2, -0.15) is 0 Å². The van der Waals surface area contributed by atoms with Gasteiger partial charge in [-0.05, 0) is 12.1 Å². The lowest BCUT2D eigenvalue weighted by Crippen LogP contribution is -2.32. The van der Waals surface area contributed by atoms with Gasteiger partial charge in [-0.3, -0.25) is 14.6 Å². The molecule has 1 unspecified atom stereocenters. The molecule has 0 saturated heterocycles. The number of amides is 1. The second-order valence-electron chi connectivity index (χ2n) is 4.26. The van der Waals surface area contributed by atoms with E-state index in [0.29, 0.717) is 5.69 Å². The lowest BCUT2D eigenvalue weighted by Gasteiger charge is -2.15. The van der Waals surface area contributed by atoms with Crippen LogP contribution in [0, 0.1) is 0 Å². The predicted octanol–water partition coefficient (Wildman–Crippen LogP) is 0.123. The third-order valence-corrected chi connectivity index (χ3v) is 2.40. The Morgan fingerprint density at radius 2 is 2.00 bits per heavy atom. The maximum atomic E-state index is 11.7. The molecule has 1 atom stereocenters. The first kappa shape index (κ1) is 15.4. The molecule has 3 N–H and O–H groups in total. The summed E-state index contributed by atoms with van der Waals surface area (Å²) in [4.78, 5) is 38.5. The Bertz CT molecular complexity index is 530. The average molecular weight is 281 g/mol. The number of carbonyl (C=O) groups excluding carboxylic acids is 1. The number of rotatable bonds is 6. The van der Waals surface area contributed by atoms with E-state index in [1.165, 1.54) is 23.2 Å². The largest absolute Gasteiger partial charge is 0.481 e. The molecular formula is C12H15N3O5. The zero-order chi connectivity index (χ0) is 15.3. The summed E-state index contributed by atoms with van der Waals surface area (Å²) in [6.45, 7) is 0. The van der Waals surface area contributed by atoms with Gasteiger partial charge >= 0.3 is 11.9 Å². The fourth-order valence-electron chi connectivity index (χ4n) is 1.44. The minimum Gasteiger partial charge on any atom is -0.481 e. The summed E-state index contributed by atoms with van der Waals surface area (Å²) in [6.07, 6.45) is 0.771. The molecule has 8 heteroatoms. The number of hydrogen-bond acceptors (Lipinski definition) is 5. The summed E-state index contributed by atoms with van der Waals surface area (Å²) >= 11 is 0. The van der Waals surface area contributed by atoms with E-state index in [9.17, 15) is 14.4 Å². The van der Waals surface area contributed by atoms with Gasteiger partial charge in [-0.15, -0.1) is 0 Å². The fraction of sp³-hybridized carbons (Fsp3) is 0.333. The van der Waals surface area contributed by atoms with Crippen LogP contribution in [0.1, 0.15) is 16.9 Å². The normalized spacial score (nSPS) is 11.5. The first-order valence-corrected chi connectivity index (χ1v) is 5.70. The number of nitrogens with one attached hydrogen (secondary N) is 1. The van der Waals surface area contributed by atoms with Gasteiger partial charge in [0.25, 0.3) is 5.91 Å². The van der Waals surface area contributed by atoms with E-state index in [4.69, 9.17) is 10.2 Å². The van der Waals surface area contributed by atoms with Gasteiger partial charge < -0.3 is 20.4 Å². The van der Waals surface area contributed by atoms with Crippen LogP contribution in [0.4, 0.5) is 5.69 Å². The van der Waals surface area contributed by atoms with Crippen LogP contribution in [0.15, 0.2) is 18.3 Å². The van der Waals surface area contributed by atoms with Crippen LogP contribution in [-0.4, -0.2) is 58.1 Å². The smallest absolute Gasteiger partial charge is 0.326 e. The number of pyridine rings is 1. The maximum absolute atomic E-state index is 11.7. The number of carboxylic acids is 2. The van der Waals surface area contributed by atoms with Crippen LogP contribution < -0.4 is 5.32 Å². The second kappa shape index (κ2) is 6.50. The average Bonchev–Trinajstić information content (AvgIpc) is 2.36. The SMILES string of the molecule is CN(C)C(=O)c1cc(NC(CC(=O)O)C(=O)O)ccn1. The van der Waals surface area contributed by atoms with E-state index in [2.05, 4.69) is 10.3 Å². The van der Waals surface area contributed by atoms with Crippen molar-refractivity contribution in [3.05, 3.63) is 24.0 Å². The molecule has 0 aliphatic carbocycles. The molecule has 0 radical (unpaired) electrons. The van der Waals surface area contributed by atoms with Crippen molar-refractivity contribution in [3.8, 4) is 0 Å². The molecule has 1 heterocycles. The molecule has 108 valence electrons. The minimum atomic E-state index is -1.29. The van der Waals surface area contributed by atoms with Crippen LogP contribution in [0.5, 0.6) is 0 Å². The zero-order valence-corrected chi connectivity index (χ0v) is 11.0. The molecular weight excluding hydrogens is 266 g/mol. The molecule has 0 fully saturated rings. The van der Waals surface area contributed by atoms with E-state index in [0.717, 1.165) is 0 Å². The van der Waals surface area contributed by atoms with Gasteiger partial charge in [0, 0.05) is 26.0 Å². The van der Waals surface area contributed by atoms with Gasteiger partial charge in [0.1, 0.15) is 11.7 Å². The Morgan fingerprint density at radius 3 is 2.50 bits per heavy atom. The zero-order valence-electron chi connectivity index (χ0n) is 11.0. The molecule has 0 aromatic carbocycles. The number of carboxylic acid groups (broad SMARTS) is 2. The maximum Gasteiger partial charge on any atom is 0.326 e. The molecule has 20 heavy (non-hydrogen) atoms. The minimum absolute atomic E-state index is 0.138.